The second kappa shape index (κ2) is 5.82. The van der Waals surface area contributed by atoms with Crippen molar-refractivity contribution in [1.82, 2.24) is 4.98 Å². The largest absolute Gasteiger partial charge is 0.379 e. The van der Waals surface area contributed by atoms with Crippen molar-refractivity contribution < 1.29 is 0 Å². The fraction of sp³-hybridized carbons (Fsp3) is 0.176. The van der Waals surface area contributed by atoms with Gasteiger partial charge in [-0.2, -0.15) is 0 Å². The number of H-pyrrole nitrogens is 1. The molecule has 0 unspecified atom stereocenters. The van der Waals surface area contributed by atoms with Crippen molar-refractivity contribution in [3.63, 3.8) is 0 Å². The molecule has 21 heavy (non-hydrogen) atoms. The third-order valence-corrected chi connectivity index (χ3v) is 4.04. The first kappa shape index (κ1) is 14.0. The van der Waals surface area contributed by atoms with E-state index in [1.807, 2.05) is 6.20 Å². The van der Waals surface area contributed by atoms with E-state index < -0.39 is 0 Å². The van der Waals surface area contributed by atoms with E-state index in [1.165, 1.54) is 22.2 Å². The van der Waals surface area contributed by atoms with Gasteiger partial charge in [-0.3, -0.25) is 0 Å². The van der Waals surface area contributed by atoms with Gasteiger partial charge >= 0.3 is 0 Å². The van der Waals surface area contributed by atoms with Crippen LogP contribution < -0.4 is 10.2 Å². The smallest absolute Gasteiger partial charge is 0.0597 e. The fourth-order valence-electron chi connectivity index (χ4n) is 2.44. The molecule has 0 atom stereocenters. The van der Waals surface area contributed by atoms with Gasteiger partial charge in [0.2, 0.25) is 0 Å². The molecule has 0 aliphatic carbocycles. The molecule has 3 nitrogen and oxygen atoms in total. The highest BCUT2D eigenvalue weighted by Gasteiger charge is 2.05. The number of halogens is 1. The van der Waals surface area contributed by atoms with Gasteiger partial charge in [0.05, 0.1) is 11.4 Å². The van der Waals surface area contributed by atoms with E-state index in [9.17, 15) is 0 Å². The molecule has 0 aliphatic rings. The van der Waals surface area contributed by atoms with Crippen molar-refractivity contribution in [1.29, 1.82) is 0 Å². The quantitative estimate of drug-likeness (QED) is 0.724. The lowest BCUT2D eigenvalue weighted by Crippen LogP contribution is -2.12. The standard InChI is InChI=1S/C17H18BrN3/c1-21(2)17-6-5-14(18)10-16(17)20-11-12-3-4-13-7-8-19-15(13)9-12/h3-10,19-20H,11H2,1-2H3. The van der Waals surface area contributed by atoms with Gasteiger partial charge in [0.1, 0.15) is 0 Å². The summed E-state index contributed by atoms with van der Waals surface area (Å²) in [6.45, 7) is 0.798. The van der Waals surface area contributed by atoms with Crippen LogP contribution in [0.3, 0.4) is 0 Å². The maximum Gasteiger partial charge on any atom is 0.0597 e. The molecule has 0 saturated carbocycles. The lowest BCUT2D eigenvalue weighted by Gasteiger charge is -2.19. The topological polar surface area (TPSA) is 31.1 Å². The van der Waals surface area contributed by atoms with Crippen LogP contribution in [-0.4, -0.2) is 19.1 Å². The molecule has 1 heterocycles. The van der Waals surface area contributed by atoms with Crippen LogP contribution in [0.5, 0.6) is 0 Å². The van der Waals surface area contributed by atoms with E-state index in [0.717, 1.165) is 16.7 Å². The molecular weight excluding hydrogens is 326 g/mol. The zero-order chi connectivity index (χ0) is 14.8. The van der Waals surface area contributed by atoms with Gasteiger partial charge < -0.3 is 15.2 Å². The van der Waals surface area contributed by atoms with Gasteiger partial charge in [0.15, 0.2) is 0 Å². The second-order valence-electron chi connectivity index (χ2n) is 5.31. The number of nitrogens with zero attached hydrogens (tertiary/aromatic N) is 1. The highest BCUT2D eigenvalue weighted by Crippen LogP contribution is 2.28. The first-order valence-electron chi connectivity index (χ1n) is 6.90. The summed E-state index contributed by atoms with van der Waals surface area (Å²) in [7, 11) is 4.11. The molecule has 4 heteroatoms. The Balaban J connectivity index is 1.82. The molecule has 0 bridgehead atoms. The van der Waals surface area contributed by atoms with E-state index >= 15 is 0 Å². The molecule has 0 amide bonds. The van der Waals surface area contributed by atoms with Crippen molar-refractivity contribution in [3.8, 4) is 0 Å². The molecule has 0 fully saturated rings. The zero-order valence-electron chi connectivity index (χ0n) is 12.2. The number of aromatic amines is 1. The molecule has 3 rings (SSSR count). The predicted molar refractivity (Wildman–Crippen MR) is 94.1 cm³/mol. The van der Waals surface area contributed by atoms with E-state index in [1.54, 1.807) is 0 Å². The number of benzene rings is 2. The van der Waals surface area contributed by atoms with Crippen molar-refractivity contribution in [2.24, 2.45) is 0 Å². The average Bonchev–Trinajstić information content (AvgIpc) is 2.92. The Morgan fingerprint density at radius 2 is 1.95 bits per heavy atom. The van der Waals surface area contributed by atoms with Crippen LogP contribution in [0.4, 0.5) is 11.4 Å². The SMILES string of the molecule is CN(C)c1ccc(Br)cc1NCc1ccc2cc[nH]c2c1. The number of rotatable bonds is 4. The molecule has 2 N–H and O–H groups in total. The summed E-state index contributed by atoms with van der Waals surface area (Å²) in [5.74, 6) is 0. The number of hydrogen-bond acceptors (Lipinski definition) is 2. The predicted octanol–water partition coefficient (Wildman–Crippen LogP) is 4.61. The van der Waals surface area contributed by atoms with Gasteiger partial charge in [-0.1, -0.05) is 28.1 Å². The Bertz CT molecular complexity index is 762. The number of nitrogens with one attached hydrogen (secondary N) is 2. The van der Waals surface area contributed by atoms with Crippen LogP contribution in [0.25, 0.3) is 10.9 Å². The third kappa shape index (κ3) is 3.05. The normalized spacial score (nSPS) is 10.8. The summed E-state index contributed by atoms with van der Waals surface area (Å²) in [6, 6.07) is 14.9. The number of aromatic nitrogens is 1. The van der Waals surface area contributed by atoms with Crippen molar-refractivity contribution >= 4 is 38.2 Å². The van der Waals surface area contributed by atoms with E-state index in [0.29, 0.717) is 0 Å². The second-order valence-corrected chi connectivity index (χ2v) is 6.22. The fourth-order valence-corrected chi connectivity index (χ4v) is 2.80. The third-order valence-electron chi connectivity index (χ3n) is 3.54. The molecule has 0 aliphatic heterocycles. The maximum atomic E-state index is 3.54. The summed E-state index contributed by atoms with van der Waals surface area (Å²) in [5, 5.41) is 4.77. The van der Waals surface area contributed by atoms with E-state index in [4.69, 9.17) is 0 Å². The lowest BCUT2D eigenvalue weighted by atomic mass is 10.1. The first-order valence-corrected chi connectivity index (χ1v) is 7.69. The molecule has 2 aromatic carbocycles. The minimum atomic E-state index is 0.798. The summed E-state index contributed by atoms with van der Waals surface area (Å²) < 4.78 is 1.08. The summed E-state index contributed by atoms with van der Waals surface area (Å²) >= 11 is 3.54. The Kier molecular flexibility index (Phi) is 3.88. The van der Waals surface area contributed by atoms with Gasteiger partial charge in [-0.05, 0) is 41.3 Å². The van der Waals surface area contributed by atoms with Gasteiger partial charge in [-0.25, -0.2) is 0 Å². The van der Waals surface area contributed by atoms with Crippen LogP contribution in [0.15, 0.2) is 53.1 Å². The molecule has 0 spiro atoms. The maximum absolute atomic E-state index is 3.54. The molecule has 1 aromatic heterocycles. The monoisotopic (exact) mass is 343 g/mol. The minimum absolute atomic E-state index is 0.798. The van der Waals surface area contributed by atoms with Crippen LogP contribution in [0, 0.1) is 0 Å². The van der Waals surface area contributed by atoms with E-state index in [2.05, 4.69) is 87.7 Å². The first-order chi connectivity index (χ1) is 10.1. The van der Waals surface area contributed by atoms with Crippen molar-refractivity contribution in [2.45, 2.75) is 6.54 Å². The molecule has 108 valence electrons. The summed E-state index contributed by atoms with van der Waals surface area (Å²) in [6.07, 6.45) is 1.97. The van der Waals surface area contributed by atoms with Crippen molar-refractivity contribution in [2.75, 3.05) is 24.3 Å². The van der Waals surface area contributed by atoms with Crippen LogP contribution >= 0.6 is 15.9 Å². The number of anilines is 2. The summed E-state index contributed by atoms with van der Waals surface area (Å²) in [4.78, 5) is 5.37. The highest BCUT2D eigenvalue weighted by atomic mass is 79.9. The number of hydrogen-bond donors (Lipinski definition) is 2. The van der Waals surface area contributed by atoms with Gasteiger partial charge in [0.25, 0.3) is 0 Å². The Labute approximate surface area is 133 Å². The Hall–Kier alpha value is -1.94. The number of fused-ring (bicyclic) bond motifs is 1. The zero-order valence-corrected chi connectivity index (χ0v) is 13.7. The molecule has 0 radical (unpaired) electrons. The Morgan fingerprint density at radius 1 is 1.10 bits per heavy atom. The van der Waals surface area contributed by atoms with E-state index in [-0.39, 0.29) is 0 Å². The average molecular weight is 344 g/mol. The minimum Gasteiger partial charge on any atom is -0.379 e. The van der Waals surface area contributed by atoms with Gasteiger partial charge in [0, 0.05) is 36.8 Å². The Morgan fingerprint density at radius 3 is 2.76 bits per heavy atom. The highest BCUT2D eigenvalue weighted by molar-refractivity contribution is 9.10. The van der Waals surface area contributed by atoms with Crippen LogP contribution in [0.1, 0.15) is 5.56 Å². The summed E-state index contributed by atoms with van der Waals surface area (Å²) in [5.41, 5.74) is 4.74. The van der Waals surface area contributed by atoms with Crippen molar-refractivity contribution in [3.05, 3.63) is 58.7 Å². The molecular formula is C17H18BrN3. The molecule has 0 saturated heterocycles. The van der Waals surface area contributed by atoms with Crippen LogP contribution in [0.2, 0.25) is 0 Å². The van der Waals surface area contributed by atoms with Gasteiger partial charge in [-0.15, -0.1) is 0 Å². The van der Waals surface area contributed by atoms with Crippen LogP contribution in [-0.2, 0) is 6.54 Å². The molecule has 3 aromatic rings. The lowest BCUT2D eigenvalue weighted by molar-refractivity contribution is 1.10.